The molecular formula is C14H12O2. The first-order chi connectivity index (χ1) is 7.60. The van der Waals surface area contributed by atoms with E-state index in [0.717, 1.165) is 16.3 Å². The SMILES string of the molecule is CC1(C)C(=O)Oc2cccc3cccc1c23. The molecule has 16 heavy (non-hydrogen) atoms. The second kappa shape index (κ2) is 2.85. The van der Waals surface area contributed by atoms with E-state index in [1.54, 1.807) is 0 Å². The van der Waals surface area contributed by atoms with Crippen molar-refractivity contribution >= 4 is 16.7 Å². The molecule has 3 rings (SSSR count). The number of hydrogen-bond acceptors (Lipinski definition) is 2. The van der Waals surface area contributed by atoms with Crippen LogP contribution >= 0.6 is 0 Å². The summed E-state index contributed by atoms with van der Waals surface area (Å²) in [5.41, 5.74) is 0.491. The molecule has 0 saturated heterocycles. The molecular weight excluding hydrogens is 200 g/mol. The molecule has 0 aliphatic carbocycles. The Bertz CT molecular complexity index is 591. The lowest BCUT2D eigenvalue weighted by Gasteiger charge is -2.29. The number of benzene rings is 2. The third-order valence-electron chi connectivity index (χ3n) is 3.25. The van der Waals surface area contributed by atoms with Gasteiger partial charge in [-0.05, 0) is 30.9 Å². The van der Waals surface area contributed by atoms with Gasteiger partial charge in [0.05, 0.1) is 5.41 Å². The minimum absolute atomic E-state index is 0.182. The van der Waals surface area contributed by atoms with E-state index in [1.807, 2.05) is 50.2 Å². The largest absolute Gasteiger partial charge is 0.425 e. The van der Waals surface area contributed by atoms with Crippen LogP contribution in [0, 0.1) is 0 Å². The molecule has 0 aromatic heterocycles. The highest BCUT2D eigenvalue weighted by molar-refractivity contribution is 6.01. The first kappa shape index (κ1) is 9.40. The number of esters is 1. The second-order valence-corrected chi connectivity index (χ2v) is 4.67. The molecule has 0 N–H and O–H groups in total. The number of carbonyl (C=O) groups is 1. The molecule has 1 aliphatic heterocycles. The van der Waals surface area contributed by atoms with Crippen molar-refractivity contribution in [2.75, 3.05) is 0 Å². The summed E-state index contributed by atoms with van der Waals surface area (Å²) >= 11 is 0. The Morgan fingerprint density at radius 2 is 1.75 bits per heavy atom. The van der Waals surface area contributed by atoms with E-state index < -0.39 is 5.41 Å². The van der Waals surface area contributed by atoms with Crippen LogP contribution in [-0.2, 0) is 10.2 Å². The normalized spacial score (nSPS) is 17.2. The predicted octanol–water partition coefficient (Wildman–Crippen LogP) is 3.04. The van der Waals surface area contributed by atoms with Gasteiger partial charge in [-0.2, -0.15) is 0 Å². The molecule has 0 unspecified atom stereocenters. The van der Waals surface area contributed by atoms with Crippen LogP contribution in [0.25, 0.3) is 10.8 Å². The predicted molar refractivity (Wildman–Crippen MR) is 62.6 cm³/mol. The molecule has 1 aliphatic rings. The van der Waals surface area contributed by atoms with Gasteiger partial charge in [-0.15, -0.1) is 0 Å². The molecule has 2 aromatic rings. The van der Waals surface area contributed by atoms with E-state index in [9.17, 15) is 4.79 Å². The summed E-state index contributed by atoms with van der Waals surface area (Å²) in [7, 11) is 0. The zero-order chi connectivity index (χ0) is 11.3. The molecule has 80 valence electrons. The maximum Gasteiger partial charge on any atom is 0.321 e. The van der Waals surface area contributed by atoms with Crippen LogP contribution in [0.3, 0.4) is 0 Å². The molecule has 0 saturated carbocycles. The van der Waals surface area contributed by atoms with E-state index in [0.29, 0.717) is 5.75 Å². The highest BCUT2D eigenvalue weighted by Crippen LogP contribution is 2.40. The Kier molecular flexibility index (Phi) is 1.67. The summed E-state index contributed by atoms with van der Waals surface area (Å²) in [6.45, 7) is 3.81. The zero-order valence-corrected chi connectivity index (χ0v) is 9.28. The van der Waals surface area contributed by atoms with Crippen LogP contribution < -0.4 is 4.74 Å². The topological polar surface area (TPSA) is 26.3 Å². The van der Waals surface area contributed by atoms with Crippen LogP contribution in [0.2, 0.25) is 0 Å². The van der Waals surface area contributed by atoms with Crippen molar-refractivity contribution < 1.29 is 9.53 Å². The quantitative estimate of drug-likeness (QED) is 0.495. The molecule has 0 radical (unpaired) electrons. The van der Waals surface area contributed by atoms with E-state index in [1.165, 1.54) is 0 Å². The number of carbonyl (C=O) groups excluding carboxylic acids is 1. The van der Waals surface area contributed by atoms with Crippen LogP contribution in [0.4, 0.5) is 0 Å². The average molecular weight is 212 g/mol. The molecule has 0 fully saturated rings. The fourth-order valence-corrected chi connectivity index (χ4v) is 2.25. The molecule has 0 atom stereocenters. The van der Waals surface area contributed by atoms with Gasteiger partial charge in [0.15, 0.2) is 0 Å². The molecule has 2 nitrogen and oxygen atoms in total. The lowest BCUT2D eigenvalue weighted by Crippen LogP contribution is -2.36. The molecule has 2 aromatic carbocycles. The van der Waals surface area contributed by atoms with Gasteiger partial charge in [-0.25, -0.2) is 0 Å². The third-order valence-corrected chi connectivity index (χ3v) is 3.25. The minimum Gasteiger partial charge on any atom is -0.425 e. The molecule has 0 spiro atoms. The Labute approximate surface area is 93.8 Å². The van der Waals surface area contributed by atoms with Gasteiger partial charge in [-0.1, -0.05) is 30.3 Å². The summed E-state index contributed by atoms with van der Waals surface area (Å²) in [5, 5.41) is 2.19. The standard InChI is InChI=1S/C14H12O2/c1-14(2)10-7-3-5-9-6-4-8-11(12(9)10)16-13(14)15/h3-8H,1-2H3. The number of hydrogen-bond donors (Lipinski definition) is 0. The van der Waals surface area contributed by atoms with E-state index in [-0.39, 0.29) is 5.97 Å². The summed E-state index contributed by atoms with van der Waals surface area (Å²) in [6, 6.07) is 11.8. The lowest BCUT2D eigenvalue weighted by atomic mass is 9.80. The van der Waals surface area contributed by atoms with Gasteiger partial charge in [-0.3, -0.25) is 4.79 Å². The van der Waals surface area contributed by atoms with E-state index in [4.69, 9.17) is 4.74 Å². The van der Waals surface area contributed by atoms with Gasteiger partial charge in [0.25, 0.3) is 0 Å². The van der Waals surface area contributed by atoms with Crippen LogP contribution in [0.15, 0.2) is 36.4 Å². The van der Waals surface area contributed by atoms with Gasteiger partial charge in [0.2, 0.25) is 0 Å². The summed E-state index contributed by atoms with van der Waals surface area (Å²) in [6.07, 6.45) is 0. The zero-order valence-electron chi connectivity index (χ0n) is 9.28. The molecule has 2 heteroatoms. The van der Waals surface area contributed by atoms with Crippen molar-refractivity contribution in [2.45, 2.75) is 19.3 Å². The van der Waals surface area contributed by atoms with Crippen molar-refractivity contribution in [3.05, 3.63) is 42.0 Å². The van der Waals surface area contributed by atoms with Crippen molar-refractivity contribution in [2.24, 2.45) is 0 Å². The number of rotatable bonds is 0. The highest BCUT2D eigenvalue weighted by atomic mass is 16.5. The maximum atomic E-state index is 11.9. The van der Waals surface area contributed by atoms with E-state index in [2.05, 4.69) is 0 Å². The summed E-state index contributed by atoms with van der Waals surface area (Å²) in [4.78, 5) is 11.9. The van der Waals surface area contributed by atoms with Crippen LogP contribution in [-0.4, -0.2) is 5.97 Å². The smallest absolute Gasteiger partial charge is 0.321 e. The van der Waals surface area contributed by atoms with Gasteiger partial charge < -0.3 is 4.74 Å². The first-order valence-electron chi connectivity index (χ1n) is 5.35. The Balaban J connectivity index is 2.49. The monoisotopic (exact) mass is 212 g/mol. The minimum atomic E-state index is -0.562. The fourth-order valence-electron chi connectivity index (χ4n) is 2.25. The van der Waals surface area contributed by atoms with Gasteiger partial charge in [0, 0.05) is 5.39 Å². The second-order valence-electron chi connectivity index (χ2n) is 4.67. The van der Waals surface area contributed by atoms with Crippen molar-refractivity contribution in [3.8, 4) is 5.75 Å². The molecule has 0 bridgehead atoms. The Morgan fingerprint density at radius 1 is 1.06 bits per heavy atom. The Hall–Kier alpha value is -1.83. The van der Waals surface area contributed by atoms with E-state index >= 15 is 0 Å². The average Bonchev–Trinajstić information content (AvgIpc) is 2.27. The van der Waals surface area contributed by atoms with Crippen LogP contribution in [0.5, 0.6) is 5.75 Å². The fraction of sp³-hybridized carbons (Fsp3) is 0.214. The highest BCUT2D eigenvalue weighted by Gasteiger charge is 2.37. The van der Waals surface area contributed by atoms with Crippen LogP contribution in [0.1, 0.15) is 19.4 Å². The lowest BCUT2D eigenvalue weighted by molar-refractivity contribution is -0.140. The Morgan fingerprint density at radius 3 is 2.50 bits per heavy atom. The molecule has 0 amide bonds. The number of ether oxygens (including phenoxy) is 1. The van der Waals surface area contributed by atoms with Gasteiger partial charge in [0.1, 0.15) is 5.75 Å². The third kappa shape index (κ3) is 1.04. The first-order valence-corrected chi connectivity index (χ1v) is 5.35. The summed E-state index contributed by atoms with van der Waals surface area (Å²) < 4.78 is 5.38. The maximum absolute atomic E-state index is 11.9. The van der Waals surface area contributed by atoms with Crippen molar-refractivity contribution in [1.29, 1.82) is 0 Å². The molecule has 1 heterocycles. The summed E-state index contributed by atoms with van der Waals surface area (Å²) in [5.74, 6) is 0.496. The van der Waals surface area contributed by atoms with Gasteiger partial charge >= 0.3 is 5.97 Å². The van der Waals surface area contributed by atoms with Crippen molar-refractivity contribution in [3.63, 3.8) is 0 Å². The van der Waals surface area contributed by atoms with Crippen molar-refractivity contribution in [1.82, 2.24) is 0 Å².